The molecule has 0 aliphatic heterocycles. The van der Waals surface area contributed by atoms with Gasteiger partial charge in [0.15, 0.2) is 5.69 Å². The highest BCUT2D eigenvalue weighted by Gasteiger charge is 2.25. The number of para-hydroxylation sites is 1. The monoisotopic (exact) mass is 349 g/mol. The van der Waals surface area contributed by atoms with Gasteiger partial charge in [-0.05, 0) is 32.9 Å². The minimum absolute atomic E-state index is 0.0736. The molecule has 0 aliphatic rings. The predicted molar refractivity (Wildman–Crippen MR) is 103 cm³/mol. The molecule has 134 valence electrons. The Hall–Kier alpha value is -2.92. The maximum atomic E-state index is 11.9. The van der Waals surface area contributed by atoms with Crippen LogP contribution in [0.1, 0.15) is 36.8 Å². The number of carboxylic acids is 1. The summed E-state index contributed by atoms with van der Waals surface area (Å²) in [5, 5.41) is 17.5. The van der Waals surface area contributed by atoms with Crippen LogP contribution in [0.5, 0.6) is 0 Å². The second-order valence-corrected chi connectivity index (χ2v) is 7.20. The van der Waals surface area contributed by atoms with E-state index < -0.39 is 5.97 Å². The highest BCUT2D eigenvalue weighted by molar-refractivity contribution is 5.90. The zero-order valence-electron chi connectivity index (χ0n) is 15.2. The molecule has 0 bridgehead atoms. The van der Waals surface area contributed by atoms with Crippen molar-refractivity contribution in [3.05, 3.63) is 71.9 Å². The predicted octanol–water partition coefficient (Wildman–Crippen LogP) is 4.13. The summed E-state index contributed by atoms with van der Waals surface area (Å²) in [6.45, 7) is 6.58. The summed E-state index contributed by atoms with van der Waals surface area (Å²) in [5.41, 5.74) is 3.18. The van der Waals surface area contributed by atoms with E-state index in [-0.39, 0.29) is 11.2 Å². The van der Waals surface area contributed by atoms with Gasteiger partial charge in [-0.3, -0.25) is 0 Å². The Morgan fingerprint density at radius 3 is 2.15 bits per heavy atom. The smallest absolute Gasteiger partial charge is 0.356 e. The molecule has 0 unspecified atom stereocenters. The van der Waals surface area contributed by atoms with Crippen molar-refractivity contribution < 1.29 is 9.90 Å². The highest BCUT2D eigenvalue weighted by atomic mass is 16.4. The molecule has 5 heteroatoms. The molecule has 0 spiro atoms. The standard InChI is InChI=1S/C21H23N3O2/c1-21(2,3)22-14-17-18(20(25)26)23-24(16-12-8-5-9-13-16)19(17)15-10-6-4-7-11-15/h4-13,22H,14H2,1-3H3,(H,25,26). The Bertz CT molecular complexity index is 894. The summed E-state index contributed by atoms with van der Waals surface area (Å²) < 4.78 is 1.72. The molecule has 2 aromatic carbocycles. The molecule has 5 nitrogen and oxygen atoms in total. The average Bonchev–Trinajstić information content (AvgIpc) is 3.01. The van der Waals surface area contributed by atoms with Crippen molar-refractivity contribution in [1.82, 2.24) is 15.1 Å². The van der Waals surface area contributed by atoms with Crippen molar-refractivity contribution >= 4 is 5.97 Å². The van der Waals surface area contributed by atoms with E-state index in [1.165, 1.54) is 0 Å². The molecule has 0 atom stereocenters. The van der Waals surface area contributed by atoms with Gasteiger partial charge in [-0.25, -0.2) is 9.48 Å². The minimum Gasteiger partial charge on any atom is -0.476 e. The van der Waals surface area contributed by atoms with Crippen LogP contribution < -0.4 is 5.32 Å². The van der Waals surface area contributed by atoms with Gasteiger partial charge >= 0.3 is 5.97 Å². The molecule has 0 radical (unpaired) electrons. The van der Waals surface area contributed by atoms with E-state index in [1.54, 1.807) is 4.68 Å². The quantitative estimate of drug-likeness (QED) is 0.727. The van der Waals surface area contributed by atoms with Crippen molar-refractivity contribution in [3.8, 4) is 16.9 Å². The number of nitrogens with one attached hydrogen (secondary N) is 1. The van der Waals surface area contributed by atoms with Crippen LogP contribution in [0.2, 0.25) is 0 Å². The topological polar surface area (TPSA) is 67.2 Å². The molecule has 0 aliphatic carbocycles. The molecule has 0 fully saturated rings. The fourth-order valence-electron chi connectivity index (χ4n) is 2.79. The Labute approximate surface area is 153 Å². The van der Waals surface area contributed by atoms with Gasteiger partial charge in [0.05, 0.1) is 11.4 Å². The number of carboxylic acid groups (broad SMARTS) is 1. The molecule has 0 saturated carbocycles. The third-order valence-corrected chi connectivity index (χ3v) is 4.03. The molecular weight excluding hydrogens is 326 g/mol. The van der Waals surface area contributed by atoms with Gasteiger partial charge in [-0.15, -0.1) is 0 Å². The van der Waals surface area contributed by atoms with E-state index in [0.29, 0.717) is 12.1 Å². The summed E-state index contributed by atoms with van der Waals surface area (Å²) in [7, 11) is 0. The summed E-state index contributed by atoms with van der Waals surface area (Å²) in [4.78, 5) is 11.9. The van der Waals surface area contributed by atoms with Crippen molar-refractivity contribution in [1.29, 1.82) is 0 Å². The van der Waals surface area contributed by atoms with Crippen molar-refractivity contribution in [2.24, 2.45) is 0 Å². The average molecular weight is 349 g/mol. The summed E-state index contributed by atoms with van der Waals surface area (Å²) >= 11 is 0. The van der Waals surface area contributed by atoms with E-state index in [1.807, 2.05) is 60.7 Å². The van der Waals surface area contributed by atoms with Crippen LogP contribution in [-0.2, 0) is 6.54 Å². The van der Waals surface area contributed by atoms with E-state index in [9.17, 15) is 9.90 Å². The molecule has 3 rings (SSSR count). The van der Waals surface area contributed by atoms with Gasteiger partial charge in [0.25, 0.3) is 0 Å². The van der Waals surface area contributed by atoms with Crippen LogP contribution in [0.3, 0.4) is 0 Å². The van der Waals surface area contributed by atoms with E-state index in [4.69, 9.17) is 0 Å². The number of nitrogens with zero attached hydrogens (tertiary/aromatic N) is 2. The van der Waals surface area contributed by atoms with Crippen molar-refractivity contribution in [3.63, 3.8) is 0 Å². The number of aromatic carboxylic acids is 1. The lowest BCUT2D eigenvalue weighted by Gasteiger charge is -2.21. The van der Waals surface area contributed by atoms with Gasteiger partial charge in [0.1, 0.15) is 0 Å². The van der Waals surface area contributed by atoms with E-state index in [2.05, 4.69) is 31.2 Å². The molecule has 0 saturated heterocycles. The number of hydrogen-bond donors (Lipinski definition) is 2. The van der Waals surface area contributed by atoms with Gasteiger partial charge < -0.3 is 10.4 Å². The van der Waals surface area contributed by atoms with Crippen LogP contribution in [0, 0.1) is 0 Å². The second kappa shape index (κ2) is 7.14. The fraction of sp³-hybridized carbons (Fsp3) is 0.238. The van der Waals surface area contributed by atoms with Gasteiger partial charge in [-0.2, -0.15) is 5.10 Å². The first-order valence-corrected chi connectivity index (χ1v) is 8.58. The van der Waals surface area contributed by atoms with Gasteiger partial charge in [0.2, 0.25) is 0 Å². The zero-order valence-corrected chi connectivity index (χ0v) is 15.2. The first kappa shape index (κ1) is 17.9. The molecule has 1 heterocycles. The van der Waals surface area contributed by atoms with E-state index >= 15 is 0 Å². The lowest BCUT2D eigenvalue weighted by Crippen LogP contribution is -2.35. The lowest BCUT2D eigenvalue weighted by atomic mass is 10.0. The molecule has 0 amide bonds. The van der Waals surface area contributed by atoms with Crippen LogP contribution in [0.25, 0.3) is 16.9 Å². The molecule has 3 aromatic rings. The Kier molecular flexibility index (Phi) is 4.91. The number of benzene rings is 2. The van der Waals surface area contributed by atoms with Gasteiger partial charge in [0, 0.05) is 23.2 Å². The Balaban J connectivity index is 2.23. The van der Waals surface area contributed by atoms with Gasteiger partial charge in [-0.1, -0.05) is 48.5 Å². The third-order valence-electron chi connectivity index (χ3n) is 4.03. The number of hydrogen-bond acceptors (Lipinski definition) is 3. The van der Waals surface area contributed by atoms with Crippen LogP contribution >= 0.6 is 0 Å². The first-order valence-electron chi connectivity index (χ1n) is 8.58. The first-order chi connectivity index (χ1) is 12.4. The number of aromatic nitrogens is 2. The molecule has 2 N–H and O–H groups in total. The lowest BCUT2D eigenvalue weighted by molar-refractivity contribution is 0.0688. The Morgan fingerprint density at radius 2 is 1.62 bits per heavy atom. The van der Waals surface area contributed by atoms with Crippen LogP contribution in [0.15, 0.2) is 60.7 Å². The third kappa shape index (κ3) is 3.83. The van der Waals surface area contributed by atoms with Crippen LogP contribution in [-0.4, -0.2) is 26.4 Å². The maximum Gasteiger partial charge on any atom is 0.356 e. The largest absolute Gasteiger partial charge is 0.476 e. The SMILES string of the molecule is CC(C)(C)NCc1c(C(=O)O)nn(-c2ccccc2)c1-c1ccccc1. The normalized spacial score (nSPS) is 11.5. The molecule has 1 aromatic heterocycles. The van der Waals surface area contributed by atoms with E-state index in [0.717, 1.165) is 16.9 Å². The maximum absolute atomic E-state index is 11.9. The molecular formula is C21H23N3O2. The van der Waals surface area contributed by atoms with Crippen molar-refractivity contribution in [2.75, 3.05) is 0 Å². The summed E-state index contributed by atoms with van der Waals surface area (Å²) in [5.74, 6) is -1.03. The van der Waals surface area contributed by atoms with Crippen LogP contribution in [0.4, 0.5) is 0 Å². The fourth-order valence-corrected chi connectivity index (χ4v) is 2.79. The summed E-state index contributed by atoms with van der Waals surface area (Å²) in [6.07, 6.45) is 0. The Morgan fingerprint density at radius 1 is 1.04 bits per heavy atom. The second-order valence-electron chi connectivity index (χ2n) is 7.20. The van der Waals surface area contributed by atoms with Crippen molar-refractivity contribution in [2.45, 2.75) is 32.9 Å². The number of rotatable bonds is 5. The highest BCUT2D eigenvalue weighted by Crippen LogP contribution is 2.29. The summed E-state index contributed by atoms with van der Waals surface area (Å²) in [6, 6.07) is 19.4. The number of carbonyl (C=O) groups is 1. The molecule has 26 heavy (non-hydrogen) atoms. The zero-order chi connectivity index (χ0) is 18.7. The minimum atomic E-state index is -1.03.